The first-order chi connectivity index (χ1) is 8.50. The summed E-state index contributed by atoms with van der Waals surface area (Å²) in [6.07, 6.45) is 1.33. The van der Waals surface area contributed by atoms with Gasteiger partial charge in [0.25, 0.3) is 0 Å². The van der Waals surface area contributed by atoms with Crippen LogP contribution in [0.15, 0.2) is 18.3 Å². The minimum atomic E-state index is -3.32. The number of pyridine rings is 1. The van der Waals surface area contributed by atoms with Crippen LogP contribution in [-0.2, 0) is 18.4 Å². The molecule has 0 spiro atoms. The molecule has 0 amide bonds. The van der Waals surface area contributed by atoms with Gasteiger partial charge in [-0.15, -0.1) is 0 Å². The van der Waals surface area contributed by atoms with Gasteiger partial charge in [0.05, 0.1) is 5.69 Å². The van der Waals surface area contributed by atoms with E-state index in [0.29, 0.717) is 11.4 Å². The van der Waals surface area contributed by atoms with Crippen LogP contribution < -0.4 is 4.74 Å². The molecule has 1 rings (SSSR count). The van der Waals surface area contributed by atoms with Gasteiger partial charge >= 0.3 is 7.60 Å². The largest absolute Gasteiger partial charge is 0.484 e. The Bertz CT molecular complexity index is 455. The standard InChI is InChI=1S/C11H16NO5P/c1-9-11(5-4-6-12-9)17-7-10(13)8-18(14,15-2)16-3/h4-6H,7-8H2,1-3H3. The van der Waals surface area contributed by atoms with Crippen LogP contribution in [0.1, 0.15) is 5.69 Å². The third kappa shape index (κ3) is 4.22. The minimum absolute atomic E-state index is 0.191. The molecule has 6 nitrogen and oxygen atoms in total. The van der Waals surface area contributed by atoms with Crippen molar-refractivity contribution in [3.05, 3.63) is 24.0 Å². The predicted octanol–water partition coefficient (Wildman–Crippen LogP) is 1.82. The summed E-state index contributed by atoms with van der Waals surface area (Å²) in [5.41, 5.74) is 0.687. The maximum Gasteiger partial charge on any atom is 0.337 e. The average Bonchev–Trinajstić information content (AvgIpc) is 2.37. The van der Waals surface area contributed by atoms with Gasteiger partial charge in [0.1, 0.15) is 18.5 Å². The molecule has 1 heterocycles. The number of aryl methyl sites for hydroxylation is 1. The quantitative estimate of drug-likeness (QED) is 0.705. The number of rotatable bonds is 7. The first kappa shape index (κ1) is 14.8. The van der Waals surface area contributed by atoms with E-state index < -0.39 is 7.60 Å². The molecule has 7 heteroatoms. The minimum Gasteiger partial charge on any atom is -0.484 e. The van der Waals surface area contributed by atoms with Crippen LogP contribution in [0.3, 0.4) is 0 Å². The lowest BCUT2D eigenvalue weighted by Crippen LogP contribution is -2.17. The Labute approximate surface area is 106 Å². The molecule has 0 fully saturated rings. The van der Waals surface area contributed by atoms with Gasteiger partial charge in [0.15, 0.2) is 5.78 Å². The average molecular weight is 273 g/mol. The van der Waals surface area contributed by atoms with Gasteiger partial charge in [0.2, 0.25) is 0 Å². The molecule has 0 saturated heterocycles. The molecule has 0 saturated carbocycles. The Morgan fingerprint density at radius 3 is 2.61 bits per heavy atom. The Morgan fingerprint density at radius 2 is 2.06 bits per heavy atom. The molecule has 0 aromatic carbocycles. The third-order valence-electron chi connectivity index (χ3n) is 2.27. The predicted molar refractivity (Wildman–Crippen MR) is 66.0 cm³/mol. The number of ether oxygens (including phenoxy) is 1. The molecule has 0 aliphatic heterocycles. The summed E-state index contributed by atoms with van der Waals surface area (Å²) in [7, 11) is -0.836. The van der Waals surface area contributed by atoms with E-state index in [2.05, 4.69) is 14.0 Å². The van der Waals surface area contributed by atoms with Gasteiger partial charge < -0.3 is 13.8 Å². The van der Waals surface area contributed by atoms with Crippen LogP contribution in [0.2, 0.25) is 0 Å². The van der Waals surface area contributed by atoms with Gasteiger partial charge in [-0.3, -0.25) is 14.3 Å². The summed E-state index contributed by atoms with van der Waals surface area (Å²) >= 11 is 0. The second-order valence-corrected chi connectivity index (χ2v) is 5.82. The number of nitrogens with zero attached hydrogens (tertiary/aromatic N) is 1. The van der Waals surface area contributed by atoms with Crippen LogP contribution in [0.4, 0.5) is 0 Å². The van der Waals surface area contributed by atoms with Crippen LogP contribution in [0, 0.1) is 6.92 Å². The van der Waals surface area contributed by atoms with Crippen molar-refractivity contribution in [2.24, 2.45) is 0 Å². The molecule has 100 valence electrons. The first-order valence-corrected chi connectivity index (χ1v) is 7.00. The lowest BCUT2D eigenvalue weighted by Gasteiger charge is -2.13. The van der Waals surface area contributed by atoms with Crippen molar-refractivity contribution in [3.8, 4) is 5.75 Å². The Hall–Kier alpha value is -1.23. The van der Waals surface area contributed by atoms with E-state index in [1.54, 1.807) is 25.3 Å². The van der Waals surface area contributed by atoms with E-state index in [1.807, 2.05) is 0 Å². The highest BCUT2D eigenvalue weighted by atomic mass is 31.2. The highest BCUT2D eigenvalue weighted by molar-refractivity contribution is 7.54. The second kappa shape index (κ2) is 6.64. The number of carbonyl (C=O) groups excluding carboxylic acids is 1. The fourth-order valence-corrected chi connectivity index (χ4v) is 2.18. The second-order valence-electron chi connectivity index (χ2n) is 3.55. The molecule has 0 unspecified atom stereocenters. The molecule has 1 aromatic heterocycles. The lowest BCUT2D eigenvalue weighted by molar-refractivity contribution is -0.118. The number of aromatic nitrogens is 1. The zero-order chi connectivity index (χ0) is 13.6. The Balaban J connectivity index is 2.52. The molecule has 0 N–H and O–H groups in total. The van der Waals surface area contributed by atoms with Gasteiger partial charge in [-0.05, 0) is 19.1 Å². The van der Waals surface area contributed by atoms with E-state index in [9.17, 15) is 9.36 Å². The normalized spacial score (nSPS) is 11.3. The highest BCUT2D eigenvalue weighted by Gasteiger charge is 2.25. The van der Waals surface area contributed by atoms with Gasteiger partial charge in [-0.2, -0.15) is 0 Å². The summed E-state index contributed by atoms with van der Waals surface area (Å²) in [4.78, 5) is 15.6. The Morgan fingerprint density at radius 1 is 1.39 bits per heavy atom. The van der Waals surface area contributed by atoms with Crippen molar-refractivity contribution in [2.75, 3.05) is 27.0 Å². The van der Waals surface area contributed by atoms with Crippen LogP contribution in [0.5, 0.6) is 5.75 Å². The number of hydrogen-bond acceptors (Lipinski definition) is 6. The van der Waals surface area contributed by atoms with Gasteiger partial charge in [-0.1, -0.05) is 0 Å². The molecule has 0 radical (unpaired) electrons. The Kier molecular flexibility index (Phi) is 5.47. The van der Waals surface area contributed by atoms with Crippen molar-refractivity contribution >= 4 is 13.4 Å². The fourth-order valence-electron chi connectivity index (χ4n) is 1.25. The van der Waals surface area contributed by atoms with Crippen molar-refractivity contribution in [1.82, 2.24) is 4.98 Å². The number of carbonyl (C=O) groups is 1. The van der Waals surface area contributed by atoms with Crippen LogP contribution in [-0.4, -0.2) is 37.8 Å². The molecule has 0 aliphatic rings. The maximum atomic E-state index is 11.7. The monoisotopic (exact) mass is 273 g/mol. The first-order valence-electron chi connectivity index (χ1n) is 5.27. The molecule has 1 aromatic rings. The number of ketones is 1. The molecule has 0 aliphatic carbocycles. The third-order valence-corrected chi connectivity index (χ3v) is 4.13. The van der Waals surface area contributed by atoms with E-state index in [0.717, 1.165) is 0 Å². The molecule has 18 heavy (non-hydrogen) atoms. The summed E-state index contributed by atoms with van der Waals surface area (Å²) in [6.45, 7) is 1.58. The van der Waals surface area contributed by atoms with Crippen LogP contribution in [0.25, 0.3) is 0 Å². The molecule has 0 bridgehead atoms. The van der Waals surface area contributed by atoms with Crippen molar-refractivity contribution in [3.63, 3.8) is 0 Å². The van der Waals surface area contributed by atoms with E-state index in [1.165, 1.54) is 14.2 Å². The van der Waals surface area contributed by atoms with E-state index in [4.69, 9.17) is 4.74 Å². The summed E-state index contributed by atoms with van der Waals surface area (Å²) in [5, 5.41) is 0. The maximum absolute atomic E-state index is 11.7. The van der Waals surface area contributed by atoms with Crippen molar-refractivity contribution < 1.29 is 23.1 Å². The van der Waals surface area contributed by atoms with E-state index in [-0.39, 0.29) is 18.6 Å². The van der Waals surface area contributed by atoms with E-state index >= 15 is 0 Å². The smallest absolute Gasteiger partial charge is 0.337 e. The van der Waals surface area contributed by atoms with Gasteiger partial charge in [-0.25, -0.2) is 0 Å². The van der Waals surface area contributed by atoms with Crippen molar-refractivity contribution in [2.45, 2.75) is 6.92 Å². The summed E-state index contributed by atoms with van der Waals surface area (Å²) in [6, 6.07) is 3.42. The zero-order valence-electron chi connectivity index (χ0n) is 10.6. The summed E-state index contributed by atoms with van der Waals surface area (Å²) < 4.78 is 26.4. The number of Topliss-reactive ketones (excluding diaryl/α,β-unsaturated/α-hetero) is 1. The zero-order valence-corrected chi connectivity index (χ0v) is 11.5. The number of hydrogen-bond donors (Lipinski definition) is 0. The molecular formula is C11H16NO5P. The topological polar surface area (TPSA) is 74.7 Å². The van der Waals surface area contributed by atoms with Crippen molar-refractivity contribution in [1.29, 1.82) is 0 Å². The SMILES string of the molecule is COP(=O)(CC(=O)COc1cccnc1C)OC. The lowest BCUT2D eigenvalue weighted by atomic mass is 10.3. The molecule has 0 atom stereocenters. The van der Waals surface area contributed by atoms with Gasteiger partial charge in [0, 0.05) is 20.4 Å². The van der Waals surface area contributed by atoms with Crippen LogP contribution >= 0.6 is 7.60 Å². The molecular weight excluding hydrogens is 257 g/mol. The fraction of sp³-hybridized carbons (Fsp3) is 0.455. The summed E-state index contributed by atoms with van der Waals surface area (Å²) in [5.74, 6) is 0.167. The highest BCUT2D eigenvalue weighted by Crippen LogP contribution is 2.45.